The summed E-state index contributed by atoms with van der Waals surface area (Å²) in [7, 11) is 6.65. The summed E-state index contributed by atoms with van der Waals surface area (Å²) in [5.41, 5.74) is 7.22. The SMILES string of the molecule is COc1ccc(N(c2ccc(OC)cc2)c2ccc(-c3ccc(N(c4ccc(OC)cc4)c4ccc(OC)cc4)cn3)nc2)cc1. The average molecular weight is 611 g/mol. The van der Waals surface area contributed by atoms with Crippen molar-refractivity contribution in [2.75, 3.05) is 38.2 Å². The van der Waals surface area contributed by atoms with Gasteiger partial charge < -0.3 is 28.7 Å². The molecule has 8 heteroatoms. The summed E-state index contributed by atoms with van der Waals surface area (Å²) in [5, 5.41) is 0. The molecular weight excluding hydrogens is 576 g/mol. The van der Waals surface area contributed by atoms with Gasteiger partial charge in [0.25, 0.3) is 0 Å². The van der Waals surface area contributed by atoms with Crippen molar-refractivity contribution >= 4 is 34.1 Å². The quantitative estimate of drug-likeness (QED) is 0.144. The third-order valence-electron chi connectivity index (χ3n) is 7.60. The van der Waals surface area contributed by atoms with Gasteiger partial charge in [0.2, 0.25) is 0 Å². The molecule has 230 valence electrons. The van der Waals surface area contributed by atoms with Crippen LogP contribution in [0, 0.1) is 0 Å². The number of methoxy groups -OCH3 is 4. The molecule has 2 aromatic heterocycles. The zero-order chi connectivity index (χ0) is 31.9. The number of rotatable bonds is 11. The van der Waals surface area contributed by atoms with E-state index in [4.69, 9.17) is 28.9 Å². The van der Waals surface area contributed by atoms with Crippen LogP contribution in [0.1, 0.15) is 0 Å². The van der Waals surface area contributed by atoms with Gasteiger partial charge in [0, 0.05) is 22.7 Å². The fourth-order valence-electron chi connectivity index (χ4n) is 5.16. The van der Waals surface area contributed by atoms with Crippen molar-refractivity contribution in [3.8, 4) is 34.4 Å². The molecule has 0 aliphatic rings. The highest BCUT2D eigenvalue weighted by Crippen LogP contribution is 2.38. The highest BCUT2D eigenvalue weighted by molar-refractivity contribution is 5.79. The number of benzene rings is 4. The number of hydrogen-bond donors (Lipinski definition) is 0. The van der Waals surface area contributed by atoms with Crippen molar-refractivity contribution in [2.45, 2.75) is 0 Å². The van der Waals surface area contributed by atoms with E-state index in [-0.39, 0.29) is 0 Å². The van der Waals surface area contributed by atoms with E-state index in [1.165, 1.54) is 0 Å². The lowest BCUT2D eigenvalue weighted by atomic mass is 10.1. The Hall–Kier alpha value is -6.02. The number of pyridine rings is 2. The van der Waals surface area contributed by atoms with E-state index in [0.717, 1.165) is 68.5 Å². The topological polar surface area (TPSA) is 69.2 Å². The molecule has 0 unspecified atom stereocenters. The molecule has 0 aliphatic heterocycles. The Kier molecular flexibility index (Phi) is 8.97. The first-order valence-corrected chi connectivity index (χ1v) is 14.7. The number of aromatic nitrogens is 2. The minimum Gasteiger partial charge on any atom is -0.497 e. The van der Waals surface area contributed by atoms with Gasteiger partial charge in [-0.2, -0.15) is 0 Å². The predicted octanol–water partition coefficient (Wildman–Crippen LogP) is 9.12. The van der Waals surface area contributed by atoms with Crippen molar-refractivity contribution in [3.05, 3.63) is 134 Å². The van der Waals surface area contributed by atoms with E-state index in [0.29, 0.717) is 0 Å². The Balaban J connectivity index is 1.31. The van der Waals surface area contributed by atoms with Gasteiger partial charge in [0.1, 0.15) is 23.0 Å². The van der Waals surface area contributed by atoms with Crippen LogP contribution in [-0.2, 0) is 0 Å². The third kappa shape index (κ3) is 6.42. The van der Waals surface area contributed by atoms with Gasteiger partial charge in [0.15, 0.2) is 0 Å². The minimum atomic E-state index is 0.764. The molecule has 0 saturated carbocycles. The molecule has 0 bridgehead atoms. The molecule has 46 heavy (non-hydrogen) atoms. The van der Waals surface area contributed by atoms with E-state index in [9.17, 15) is 0 Å². The van der Waals surface area contributed by atoms with Crippen LogP contribution in [0.3, 0.4) is 0 Å². The van der Waals surface area contributed by atoms with Gasteiger partial charge in [0.05, 0.1) is 63.6 Å². The first-order chi connectivity index (χ1) is 22.6. The van der Waals surface area contributed by atoms with Crippen molar-refractivity contribution in [1.82, 2.24) is 9.97 Å². The summed E-state index contributed by atoms with van der Waals surface area (Å²) in [6.45, 7) is 0. The van der Waals surface area contributed by atoms with Crippen molar-refractivity contribution in [2.24, 2.45) is 0 Å². The van der Waals surface area contributed by atoms with Crippen LogP contribution in [0.2, 0.25) is 0 Å². The first-order valence-electron chi connectivity index (χ1n) is 14.7. The monoisotopic (exact) mass is 610 g/mol. The molecule has 6 aromatic rings. The highest BCUT2D eigenvalue weighted by atomic mass is 16.5. The molecule has 4 aromatic carbocycles. The van der Waals surface area contributed by atoms with Crippen molar-refractivity contribution < 1.29 is 18.9 Å². The lowest BCUT2D eigenvalue weighted by molar-refractivity contribution is 0.414. The van der Waals surface area contributed by atoms with Crippen molar-refractivity contribution in [1.29, 1.82) is 0 Å². The van der Waals surface area contributed by atoms with Crippen LogP contribution in [0.4, 0.5) is 34.1 Å². The molecule has 8 nitrogen and oxygen atoms in total. The summed E-state index contributed by atoms with van der Waals surface area (Å²) >= 11 is 0. The first kappa shape index (κ1) is 30.0. The summed E-state index contributed by atoms with van der Waals surface area (Å²) in [4.78, 5) is 13.9. The van der Waals surface area contributed by atoms with Gasteiger partial charge in [-0.1, -0.05) is 0 Å². The average Bonchev–Trinajstić information content (AvgIpc) is 3.13. The number of nitrogens with zero attached hydrogens (tertiary/aromatic N) is 4. The smallest absolute Gasteiger partial charge is 0.119 e. The maximum absolute atomic E-state index is 5.38. The van der Waals surface area contributed by atoms with E-state index >= 15 is 0 Å². The summed E-state index contributed by atoms with van der Waals surface area (Å²) in [6.07, 6.45) is 3.72. The molecule has 0 radical (unpaired) electrons. The molecule has 2 heterocycles. The van der Waals surface area contributed by atoms with Gasteiger partial charge in [-0.25, -0.2) is 0 Å². The minimum absolute atomic E-state index is 0.764. The van der Waals surface area contributed by atoms with Crippen LogP contribution >= 0.6 is 0 Å². The lowest BCUT2D eigenvalue weighted by Gasteiger charge is -2.26. The van der Waals surface area contributed by atoms with E-state index in [1.807, 2.05) is 134 Å². The summed E-state index contributed by atoms with van der Waals surface area (Å²) in [6, 6.07) is 39.8. The molecular formula is C38H34N4O4. The van der Waals surface area contributed by atoms with E-state index < -0.39 is 0 Å². The highest BCUT2D eigenvalue weighted by Gasteiger charge is 2.16. The Morgan fingerprint density at radius 2 is 0.565 bits per heavy atom. The third-order valence-corrected chi connectivity index (χ3v) is 7.60. The second kappa shape index (κ2) is 13.7. The number of ether oxygens (including phenoxy) is 4. The molecule has 0 spiro atoms. The van der Waals surface area contributed by atoms with Gasteiger partial charge in [-0.15, -0.1) is 0 Å². The molecule has 0 aliphatic carbocycles. The fraction of sp³-hybridized carbons (Fsp3) is 0.105. The van der Waals surface area contributed by atoms with Crippen LogP contribution in [0.15, 0.2) is 134 Å². The zero-order valence-corrected chi connectivity index (χ0v) is 26.1. The normalized spacial score (nSPS) is 10.6. The van der Waals surface area contributed by atoms with Gasteiger partial charge in [-0.05, 0) is 121 Å². The second-order valence-electron chi connectivity index (χ2n) is 10.3. The van der Waals surface area contributed by atoms with Crippen LogP contribution in [0.5, 0.6) is 23.0 Å². The number of anilines is 6. The lowest BCUT2D eigenvalue weighted by Crippen LogP contribution is -2.11. The maximum atomic E-state index is 5.38. The van der Waals surface area contributed by atoms with Crippen molar-refractivity contribution in [3.63, 3.8) is 0 Å². The van der Waals surface area contributed by atoms with Crippen LogP contribution < -0.4 is 28.7 Å². The number of hydrogen-bond acceptors (Lipinski definition) is 8. The second-order valence-corrected chi connectivity index (χ2v) is 10.3. The summed E-state index contributed by atoms with van der Waals surface area (Å²) in [5.74, 6) is 3.16. The standard InChI is InChI=1S/C38H34N4O4/c1-43-33-15-5-27(6-16-33)41(28-7-17-34(44-2)18-8-28)31-13-23-37(39-25-31)38-24-14-32(26-40-38)42(29-9-19-35(45-3)20-10-29)30-11-21-36(46-4)22-12-30/h5-26H,1-4H3. The molecule has 0 amide bonds. The largest absolute Gasteiger partial charge is 0.497 e. The van der Waals surface area contributed by atoms with E-state index in [1.54, 1.807) is 28.4 Å². The Bertz CT molecular complexity index is 1610. The Labute approximate surface area is 269 Å². The van der Waals surface area contributed by atoms with Gasteiger partial charge >= 0.3 is 0 Å². The zero-order valence-electron chi connectivity index (χ0n) is 26.1. The van der Waals surface area contributed by atoms with Crippen LogP contribution in [0.25, 0.3) is 11.4 Å². The van der Waals surface area contributed by atoms with Gasteiger partial charge in [-0.3, -0.25) is 9.97 Å². The van der Waals surface area contributed by atoms with E-state index in [2.05, 4.69) is 9.80 Å². The van der Waals surface area contributed by atoms with Crippen LogP contribution in [-0.4, -0.2) is 38.4 Å². The molecule has 0 fully saturated rings. The Morgan fingerprint density at radius 3 is 0.761 bits per heavy atom. The fourth-order valence-corrected chi connectivity index (χ4v) is 5.16. The Morgan fingerprint density at radius 1 is 0.326 bits per heavy atom. The molecule has 6 rings (SSSR count). The molecule has 0 saturated heterocycles. The molecule has 0 atom stereocenters. The predicted molar refractivity (Wildman–Crippen MR) is 183 cm³/mol. The maximum Gasteiger partial charge on any atom is 0.119 e. The molecule has 0 N–H and O–H groups in total. The summed E-state index contributed by atoms with van der Waals surface area (Å²) < 4.78 is 21.5.